The van der Waals surface area contributed by atoms with E-state index in [1.54, 1.807) is 7.11 Å². The molecule has 0 atom stereocenters. The first kappa shape index (κ1) is 28.7. The average Bonchev–Trinajstić information content (AvgIpc) is 2.73. The van der Waals surface area contributed by atoms with E-state index in [0.29, 0.717) is 79.3 Å². The summed E-state index contributed by atoms with van der Waals surface area (Å²) in [6.45, 7) is 6.21. The topological polar surface area (TPSA) is 128 Å². The highest BCUT2D eigenvalue weighted by Crippen LogP contribution is 1.93. The van der Waals surface area contributed by atoms with E-state index in [4.69, 9.17) is 43.0 Å². The SMILES string of the molecule is COCCOCCOCCOCCOCCOCCOCCOC(=O)CCC(=O)O. The fourth-order valence-corrected chi connectivity index (χ4v) is 1.84. The molecule has 0 aliphatic carbocycles. The molecule has 0 spiro atoms. The number of carbonyl (C=O) groups excluding carboxylic acids is 1. The minimum atomic E-state index is -1.03. The second kappa shape index (κ2) is 23.9. The Labute approximate surface area is 177 Å². The predicted octanol–water partition coefficient (Wildman–Crippen LogP) is 0.140. The Morgan fingerprint density at radius 1 is 0.533 bits per heavy atom. The molecule has 11 nitrogen and oxygen atoms in total. The molecule has 0 radical (unpaired) electrons. The van der Waals surface area contributed by atoms with Crippen molar-refractivity contribution in [3.63, 3.8) is 0 Å². The van der Waals surface area contributed by atoms with Crippen LogP contribution in [0, 0.1) is 0 Å². The van der Waals surface area contributed by atoms with Crippen LogP contribution in [0.5, 0.6) is 0 Å². The van der Waals surface area contributed by atoms with Crippen LogP contribution in [0.1, 0.15) is 12.8 Å². The Kier molecular flexibility index (Phi) is 22.9. The molecular weight excluding hydrogens is 404 g/mol. The van der Waals surface area contributed by atoms with Gasteiger partial charge in [-0.3, -0.25) is 9.59 Å². The van der Waals surface area contributed by atoms with Crippen molar-refractivity contribution in [3.05, 3.63) is 0 Å². The monoisotopic (exact) mass is 440 g/mol. The normalized spacial score (nSPS) is 11.0. The molecule has 1 N–H and O–H groups in total. The maximum atomic E-state index is 11.1. The van der Waals surface area contributed by atoms with Gasteiger partial charge in [0.25, 0.3) is 0 Å². The van der Waals surface area contributed by atoms with Crippen LogP contribution in [0.4, 0.5) is 0 Å². The summed E-state index contributed by atoms with van der Waals surface area (Å²) in [5, 5.41) is 8.44. The first-order valence-electron chi connectivity index (χ1n) is 9.99. The zero-order valence-electron chi connectivity index (χ0n) is 17.8. The number of methoxy groups -OCH3 is 1. The number of carboxylic acid groups (broad SMARTS) is 1. The molecule has 0 aromatic heterocycles. The number of aliphatic carboxylic acids is 1. The van der Waals surface area contributed by atoms with Crippen molar-refractivity contribution in [1.29, 1.82) is 0 Å². The summed E-state index contributed by atoms with van der Waals surface area (Å²) < 4.78 is 41.6. The van der Waals surface area contributed by atoms with Crippen LogP contribution in [0.3, 0.4) is 0 Å². The molecule has 30 heavy (non-hydrogen) atoms. The van der Waals surface area contributed by atoms with Gasteiger partial charge in [-0.25, -0.2) is 0 Å². The van der Waals surface area contributed by atoms with Crippen molar-refractivity contribution in [2.75, 3.05) is 99.6 Å². The summed E-state index contributed by atoms with van der Waals surface area (Å²) in [6.07, 6.45) is -0.371. The van der Waals surface area contributed by atoms with Gasteiger partial charge in [-0.2, -0.15) is 0 Å². The first-order chi connectivity index (χ1) is 14.7. The molecule has 0 aliphatic heterocycles. The van der Waals surface area contributed by atoms with Crippen molar-refractivity contribution >= 4 is 11.9 Å². The highest BCUT2D eigenvalue weighted by molar-refractivity contribution is 5.76. The lowest BCUT2D eigenvalue weighted by atomic mass is 10.3. The van der Waals surface area contributed by atoms with Gasteiger partial charge in [0, 0.05) is 7.11 Å². The largest absolute Gasteiger partial charge is 0.481 e. The van der Waals surface area contributed by atoms with Crippen LogP contribution < -0.4 is 0 Å². The highest BCUT2D eigenvalue weighted by atomic mass is 16.6. The fourth-order valence-electron chi connectivity index (χ4n) is 1.84. The highest BCUT2D eigenvalue weighted by Gasteiger charge is 2.05. The number of carbonyl (C=O) groups is 2. The summed E-state index contributed by atoms with van der Waals surface area (Å²) in [6, 6.07) is 0. The van der Waals surface area contributed by atoms with E-state index in [9.17, 15) is 9.59 Å². The number of carboxylic acids is 1. The summed E-state index contributed by atoms with van der Waals surface area (Å²) in [7, 11) is 1.63. The van der Waals surface area contributed by atoms with E-state index in [0.717, 1.165) is 0 Å². The van der Waals surface area contributed by atoms with Crippen LogP contribution >= 0.6 is 0 Å². The van der Waals surface area contributed by atoms with Gasteiger partial charge < -0.3 is 43.0 Å². The average molecular weight is 440 g/mol. The Hall–Kier alpha value is -1.34. The molecule has 178 valence electrons. The van der Waals surface area contributed by atoms with Crippen LogP contribution in [0.2, 0.25) is 0 Å². The van der Waals surface area contributed by atoms with E-state index in [1.807, 2.05) is 0 Å². The van der Waals surface area contributed by atoms with Crippen molar-refractivity contribution in [2.45, 2.75) is 12.8 Å². The van der Waals surface area contributed by atoms with E-state index < -0.39 is 11.9 Å². The molecule has 0 rings (SSSR count). The molecule has 0 amide bonds. The van der Waals surface area contributed by atoms with Gasteiger partial charge >= 0.3 is 11.9 Å². The number of hydrogen-bond donors (Lipinski definition) is 1. The standard InChI is InChI=1S/C19H36O11/c1-23-4-5-24-6-7-25-8-9-26-10-11-27-12-13-28-14-15-29-16-17-30-19(22)3-2-18(20)21/h2-17H2,1H3,(H,20,21). The fraction of sp³-hybridized carbons (Fsp3) is 0.895. The number of hydrogen-bond acceptors (Lipinski definition) is 10. The molecule has 0 aromatic carbocycles. The summed E-state index contributed by atoms with van der Waals surface area (Å²) >= 11 is 0. The zero-order chi connectivity index (χ0) is 22.1. The van der Waals surface area contributed by atoms with Gasteiger partial charge in [-0.15, -0.1) is 0 Å². The van der Waals surface area contributed by atoms with Crippen LogP contribution in [-0.4, -0.2) is 117 Å². The molecule has 0 heterocycles. The molecule has 0 bridgehead atoms. The molecule has 0 unspecified atom stereocenters. The second-order valence-electron chi connectivity index (χ2n) is 5.78. The van der Waals surface area contributed by atoms with Gasteiger partial charge in [-0.05, 0) is 0 Å². The van der Waals surface area contributed by atoms with Gasteiger partial charge in [0.2, 0.25) is 0 Å². The summed E-state index contributed by atoms with van der Waals surface area (Å²) in [5.74, 6) is -1.58. The van der Waals surface area contributed by atoms with E-state index in [-0.39, 0.29) is 26.1 Å². The minimum absolute atomic E-state index is 0.0920. The lowest BCUT2D eigenvalue weighted by molar-refractivity contribution is -0.149. The minimum Gasteiger partial charge on any atom is -0.481 e. The lowest BCUT2D eigenvalue weighted by Crippen LogP contribution is -2.15. The maximum Gasteiger partial charge on any atom is 0.306 e. The Balaban J connectivity index is 3.08. The van der Waals surface area contributed by atoms with Gasteiger partial charge in [0.05, 0.1) is 98.7 Å². The predicted molar refractivity (Wildman–Crippen MR) is 105 cm³/mol. The Morgan fingerprint density at radius 3 is 1.20 bits per heavy atom. The zero-order valence-corrected chi connectivity index (χ0v) is 17.8. The molecule has 0 saturated heterocycles. The van der Waals surface area contributed by atoms with Gasteiger partial charge in [0.15, 0.2) is 0 Å². The smallest absolute Gasteiger partial charge is 0.306 e. The van der Waals surface area contributed by atoms with Crippen molar-refractivity contribution in [3.8, 4) is 0 Å². The number of ether oxygens (including phenoxy) is 8. The molecule has 0 aromatic rings. The Bertz CT molecular complexity index is 393. The van der Waals surface area contributed by atoms with Crippen LogP contribution in [-0.2, 0) is 47.5 Å². The third-order valence-electron chi connectivity index (χ3n) is 3.33. The van der Waals surface area contributed by atoms with Crippen LogP contribution in [0.25, 0.3) is 0 Å². The van der Waals surface area contributed by atoms with Crippen molar-refractivity contribution < 1.29 is 52.6 Å². The van der Waals surface area contributed by atoms with Gasteiger partial charge in [-0.1, -0.05) is 0 Å². The summed E-state index contributed by atoms with van der Waals surface area (Å²) in [5.41, 5.74) is 0. The van der Waals surface area contributed by atoms with E-state index in [2.05, 4.69) is 0 Å². The van der Waals surface area contributed by atoms with E-state index in [1.165, 1.54) is 0 Å². The molecule has 0 fully saturated rings. The van der Waals surface area contributed by atoms with Gasteiger partial charge in [0.1, 0.15) is 6.61 Å². The number of esters is 1. The molecular formula is C19H36O11. The van der Waals surface area contributed by atoms with Crippen molar-refractivity contribution in [2.24, 2.45) is 0 Å². The molecule has 0 aliphatic rings. The quantitative estimate of drug-likeness (QED) is 0.163. The van der Waals surface area contributed by atoms with E-state index >= 15 is 0 Å². The van der Waals surface area contributed by atoms with Crippen molar-refractivity contribution in [1.82, 2.24) is 0 Å². The second-order valence-corrected chi connectivity index (χ2v) is 5.78. The third kappa shape index (κ3) is 24.7. The first-order valence-corrected chi connectivity index (χ1v) is 9.99. The Morgan fingerprint density at radius 2 is 0.867 bits per heavy atom. The number of rotatable bonds is 24. The lowest BCUT2D eigenvalue weighted by Gasteiger charge is -2.08. The van der Waals surface area contributed by atoms with Crippen LogP contribution in [0.15, 0.2) is 0 Å². The maximum absolute atomic E-state index is 11.1. The molecule has 0 saturated carbocycles. The summed E-state index contributed by atoms with van der Waals surface area (Å²) in [4.78, 5) is 21.4. The third-order valence-corrected chi connectivity index (χ3v) is 3.33. The molecule has 11 heteroatoms.